The second kappa shape index (κ2) is 7.72. The van der Waals surface area contributed by atoms with Crippen molar-refractivity contribution in [1.82, 2.24) is 14.9 Å². The van der Waals surface area contributed by atoms with E-state index < -0.39 is 0 Å². The Bertz CT molecular complexity index is 486. The Kier molecular flexibility index (Phi) is 5.65. The minimum absolute atomic E-state index is 0.529. The third kappa shape index (κ3) is 4.11. The topological polar surface area (TPSA) is 55.0 Å². The van der Waals surface area contributed by atoms with E-state index >= 15 is 0 Å². The van der Waals surface area contributed by atoms with Gasteiger partial charge in [-0.05, 0) is 50.2 Å². The SMILES string of the molecule is CN1CCCC1c1cccnc1.NCc1ccccn1. The van der Waals surface area contributed by atoms with Gasteiger partial charge in [0.1, 0.15) is 0 Å². The summed E-state index contributed by atoms with van der Waals surface area (Å²) in [6.07, 6.45) is 8.14. The third-order valence-electron chi connectivity index (χ3n) is 3.52. The van der Waals surface area contributed by atoms with Gasteiger partial charge >= 0.3 is 0 Å². The van der Waals surface area contributed by atoms with Gasteiger partial charge in [-0.1, -0.05) is 12.1 Å². The Labute approximate surface area is 120 Å². The summed E-state index contributed by atoms with van der Waals surface area (Å²) in [5.41, 5.74) is 7.58. The van der Waals surface area contributed by atoms with E-state index in [4.69, 9.17) is 5.73 Å². The maximum absolute atomic E-state index is 5.29. The molecular formula is C16H22N4. The van der Waals surface area contributed by atoms with Crippen LogP contribution in [-0.4, -0.2) is 28.5 Å². The summed E-state index contributed by atoms with van der Waals surface area (Å²) in [4.78, 5) is 10.5. The number of hydrogen-bond donors (Lipinski definition) is 1. The van der Waals surface area contributed by atoms with Gasteiger partial charge in [-0.15, -0.1) is 0 Å². The van der Waals surface area contributed by atoms with E-state index in [9.17, 15) is 0 Å². The van der Waals surface area contributed by atoms with E-state index in [-0.39, 0.29) is 0 Å². The Morgan fingerprint density at radius 3 is 2.65 bits per heavy atom. The second-order valence-corrected chi connectivity index (χ2v) is 4.95. The molecule has 1 unspecified atom stereocenters. The van der Waals surface area contributed by atoms with Gasteiger partial charge in [0, 0.05) is 31.2 Å². The largest absolute Gasteiger partial charge is 0.325 e. The Hall–Kier alpha value is -1.78. The molecule has 0 bridgehead atoms. The molecule has 1 aliphatic heterocycles. The summed E-state index contributed by atoms with van der Waals surface area (Å²) in [6.45, 7) is 1.75. The number of nitrogens with zero attached hydrogens (tertiary/aromatic N) is 3. The van der Waals surface area contributed by atoms with Crippen LogP contribution in [0, 0.1) is 0 Å². The highest BCUT2D eigenvalue weighted by Gasteiger charge is 2.21. The van der Waals surface area contributed by atoms with E-state index in [1.807, 2.05) is 36.7 Å². The first kappa shape index (κ1) is 14.6. The number of pyridine rings is 2. The zero-order valence-electron chi connectivity index (χ0n) is 11.9. The molecule has 0 aromatic carbocycles. The van der Waals surface area contributed by atoms with Crippen molar-refractivity contribution in [3.63, 3.8) is 0 Å². The molecule has 2 aromatic heterocycles. The number of aromatic nitrogens is 2. The molecule has 3 heterocycles. The smallest absolute Gasteiger partial charge is 0.0539 e. The monoisotopic (exact) mass is 270 g/mol. The zero-order chi connectivity index (χ0) is 14.2. The van der Waals surface area contributed by atoms with Gasteiger partial charge in [0.2, 0.25) is 0 Å². The van der Waals surface area contributed by atoms with E-state index in [1.54, 1.807) is 6.20 Å². The molecule has 1 aliphatic rings. The summed E-state index contributed by atoms with van der Waals surface area (Å²) in [6, 6.07) is 10.5. The fourth-order valence-electron chi connectivity index (χ4n) is 2.42. The van der Waals surface area contributed by atoms with Crippen molar-refractivity contribution < 1.29 is 0 Å². The standard InChI is InChI=1S/C10H14N2.C6H8N2/c1-12-7-3-5-10(12)9-4-2-6-11-8-9;7-5-6-3-1-2-4-8-6/h2,4,6,8,10H,3,5,7H2,1H3;1-4H,5,7H2. The highest BCUT2D eigenvalue weighted by Crippen LogP contribution is 2.29. The number of nitrogens with two attached hydrogens (primary N) is 1. The van der Waals surface area contributed by atoms with Crippen LogP contribution in [0.25, 0.3) is 0 Å². The lowest BCUT2D eigenvalue weighted by molar-refractivity contribution is 0.317. The highest BCUT2D eigenvalue weighted by molar-refractivity contribution is 5.14. The average molecular weight is 270 g/mol. The Morgan fingerprint density at radius 2 is 2.15 bits per heavy atom. The van der Waals surface area contributed by atoms with Crippen LogP contribution in [-0.2, 0) is 6.54 Å². The first-order valence-corrected chi connectivity index (χ1v) is 7.01. The highest BCUT2D eigenvalue weighted by atomic mass is 15.1. The van der Waals surface area contributed by atoms with Crippen LogP contribution in [0.15, 0.2) is 48.9 Å². The van der Waals surface area contributed by atoms with Crippen LogP contribution in [0.5, 0.6) is 0 Å². The minimum atomic E-state index is 0.529. The molecule has 0 radical (unpaired) electrons. The van der Waals surface area contributed by atoms with Gasteiger partial charge in [-0.2, -0.15) is 0 Å². The molecule has 4 heteroatoms. The number of rotatable bonds is 2. The van der Waals surface area contributed by atoms with Crippen LogP contribution in [0.2, 0.25) is 0 Å². The summed E-state index contributed by atoms with van der Waals surface area (Å²) >= 11 is 0. The van der Waals surface area contributed by atoms with Crippen molar-refractivity contribution in [2.75, 3.05) is 13.6 Å². The fourth-order valence-corrected chi connectivity index (χ4v) is 2.42. The van der Waals surface area contributed by atoms with E-state index in [0.29, 0.717) is 12.6 Å². The predicted octanol–water partition coefficient (Wildman–Crippen LogP) is 2.39. The van der Waals surface area contributed by atoms with Crippen molar-refractivity contribution in [3.8, 4) is 0 Å². The first-order valence-electron chi connectivity index (χ1n) is 7.01. The molecule has 0 amide bonds. The molecule has 1 atom stereocenters. The lowest BCUT2D eigenvalue weighted by Crippen LogP contribution is -2.17. The maximum atomic E-state index is 5.29. The van der Waals surface area contributed by atoms with Crippen LogP contribution in [0.4, 0.5) is 0 Å². The van der Waals surface area contributed by atoms with E-state index in [0.717, 1.165) is 5.69 Å². The van der Waals surface area contributed by atoms with Gasteiger partial charge in [0.05, 0.1) is 5.69 Å². The normalized spacial score (nSPS) is 18.4. The van der Waals surface area contributed by atoms with Gasteiger partial charge in [0.25, 0.3) is 0 Å². The van der Waals surface area contributed by atoms with Gasteiger partial charge in [0.15, 0.2) is 0 Å². The summed E-state index contributed by atoms with van der Waals surface area (Å²) in [5.74, 6) is 0. The maximum Gasteiger partial charge on any atom is 0.0539 e. The van der Waals surface area contributed by atoms with Gasteiger partial charge in [-0.25, -0.2) is 0 Å². The van der Waals surface area contributed by atoms with Crippen molar-refractivity contribution in [3.05, 3.63) is 60.2 Å². The molecule has 20 heavy (non-hydrogen) atoms. The Balaban J connectivity index is 0.000000160. The minimum Gasteiger partial charge on any atom is -0.325 e. The first-order chi connectivity index (χ1) is 9.81. The average Bonchev–Trinajstić information content (AvgIpc) is 2.96. The lowest BCUT2D eigenvalue weighted by Gasteiger charge is -2.18. The number of hydrogen-bond acceptors (Lipinski definition) is 4. The van der Waals surface area contributed by atoms with Crippen LogP contribution < -0.4 is 5.73 Å². The molecule has 3 rings (SSSR count). The van der Waals surface area contributed by atoms with E-state index in [1.165, 1.54) is 24.9 Å². The van der Waals surface area contributed by atoms with Gasteiger partial charge < -0.3 is 5.73 Å². The molecule has 1 fully saturated rings. The van der Waals surface area contributed by atoms with Crippen LogP contribution in [0.3, 0.4) is 0 Å². The second-order valence-electron chi connectivity index (χ2n) is 4.95. The lowest BCUT2D eigenvalue weighted by atomic mass is 10.1. The summed E-state index contributed by atoms with van der Waals surface area (Å²) in [7, 11) is 2.19. The fraction of sp³-hybridized carbons (Fsp3) is 0.375. The molecule has 106 valence electrons. The van der Waals surface area contributed by atoms with Crippen LogP contribution >= 0.6 is 0 Å². The summed E-state index contributed by atoms with van der Waals surface area (Å²) < 4.78 is 0. The predicted molar refractivity (Wildman–Crippen MR) is 81.0 cm³/mol. The third-order valence-corrected chi connectivity index (χ3v) is 3.52. The molecular weight excluding hydrogens is 248 g/mol. The molecule has 4 nitrogen and oxygen atoms in total. The Morgan fingerprint density at radius 1 is 1.25 bits per heavy atom. The molecule has 1 saturated heterocycles. The quantitative estimate of drug-likeness (QED) is 0.910. The van der Waals surface area contributed by atoms with Crippen LogP contribution in [0.1, 0.15) is 30.1 Å². The van der Waals surface area contributed by atoms with Crippen molar-refractivity contribution in [2.45, 2.75) is 25.4 Å². The van der Waals surface area contributed by atoms with Crippen molar-refractivity contribution in [1.29, 1.82) is 0 Å². The number of likely N-dealkylation sites (tertiary alicyclic amines) is 1. The summed E-state index contributed by atoms with van der Waals surface area (Å²) in [5, 5.41) is 0. The van der Waals surface area contributed by atoms with Crippen molar-refractivity contribution >= 4 is 0 Å². The molecule has 0 saturated carbocycles. The van der Waals surface area contributed by atoms with Crippen molar-refractivity contribution in [2.24, 2.45) is 5.73 Å². The molecule has 2 aromatic rings. The zero-order valence-corrected chi connectivity index (χ0v) is 11.9. The van der Waals surface area contributed by atoms with E-state index in [2.05, 4.69) is 28.0 Å². The molecule has 0 aliphatic carbocycles. The molecule has 2 N–H and O–H groups in total. The van der Waals surface area contributed by atoms with Gasteiger partial charge in [-0.3, -0.25) is 14.9 Å². The molecule has 0 spiro atoms.